The summed E-state index contributed by atoms with van der Waals surface area (Å²) < 4.78 is 0. The minimum Gasteiger partial charge on any atom is -0.282 e. The van der Waals surface area contributed by atoms with Crippen LogP contribution in [0.15, 0.2) is 4.99 Å². The maximum Gasteiger partial charge on any atom is 0.0977 e. The Kier molecular flexibility index (Phi) is 2.78. The summed E-state index contributed by atoms with van der Waals surface area (Å²) in [6, 6.07) is 0. The molecule has 0 N–H and O–H groups in total. The van der Waals surface area contributed by atoms with Crippen LogP contribution in [0.2, 0.25) is 0 Å². The molecule has 1 heterocycles. The van der Waals surface area contributed by atoms with Gasteiger partial charge in [0.2, 0.25) is 0 Å². The molecule has 0 spiro atoms. The summed E-state index contributed by atoms with van der Waals surface area (Å²) in [6.07, 6.45) is 3.33. The van der Waals surface area contributed by atoms with Crippen LogP contribution in [0.1, 0.15) is 27.2 Å². The highest BCUT2D eigenvalue weighted by Crippen LogP contribution is 2.30. The van der Waals surface area contributed by atoms with Gasteiger partial charge in [-0.2, -0.15) is 0 Å². The van der Waals surface area contributed by atoms with Crippen molar-refractivity contribution in [2.75, 3.05) is 0 Å². The number of nitrogens with zero attached hydrogens (tertiary/aromatic N) is 1. The lowest BCUT2D eigenvalue weighted by molar-refractivity contribution is 0.631. The lowest BCUT2D eigenvalue weighted by Crippen LogP contribution is -2.06. The van der Waals surface area contributed by atoms with Gasteiger partial charge in [-0.15, -0.1) is 11.8 Å². The lowest BCUT2D eigenvalue weighted by atomic mass is 10.2. The van der Waals surface area contributed by atoms with E-state index < -0.39 is 0 Å². The molecule has 2 atom stereocenters. The van der Waals surface area contributed by atoms with Crippen LogP contribution in [-0.2, 0) is 0 Å². The Hall–Kier alpha value is 0.0200. The first-order valence-electron chi connectivity index (χ1n) is 3.92. The lowest BCUT2D eigenvalue weighted by Gasteiger charge is -2.11. The van der Waals surface area contributed by atoms with E-state index in [1.165, 1.54) is 6.42 Å². The van der Waals surface area contributed by atoms with E-state index in [4.69, 9.17) is 0 Å². The van der Waals surface area contributed by atoms with Crippen LogP contribution in [-0.4, -0.2) is 16.8 Å². The van der Waals surface area contributed by atoms with Crippen LogP contribution in [0.4, 0.5) is 0 Å². The van der Waals surface area contributed by atoms with Gasteiger partial charge in [0.05, 0.1) is 5.37 Å². The van der Waals surface area contributed by atoms with Crippen molar-refractivity contribution in [1.82, 2.24) is 0 Å². The molecule has 0 saturated carbocycles. The van der Waals surface area contributed by atoms with Crippen molar-refractivity contribution in [1.29, 1.82) is 0 Å². The molecular formula is C8H15NS. The molecule has 1 rings (SSSR count). The molecule has 58 valence electrons. The van der Waals surface area contributed by atoms with Gasteiger partial charge in [-0.3, -0.25) is 4.99 Å². The molecular weight excluding hydrogens is 142 g/mol. The highest BCUT2D eigenvalue weighted by Gasteiger charge is 2.21. The molecule has 0 fully saturated rings. The first kappa shape index (κ1) is 8.12. The Bertz CT molecular complexity index is 131. The molecule has 2 unspecified atom stereocenters. The van der Waals surface area contributed by atoms with Crippen molar-refractivity contribution in [2.45, 2.75) is 37.8 Å². The molecule has 0 aliphatic carbocycles. The fourth-order valence-corrected chi connectivity index (χ4v) is 2.11. The average Bonchev–Trinajstić information content (AvgIpc) is 2.34. The van der Waals surface area contributed by atoms with Gasteiger partial charge in [0.1, 0.15) is 0 Å². The summed E-state index contributed by atoms with van der Waals surface area (Å²) in [6.45, 7) is 6.67. The first-order valence-corrected chi connectivity index (χ1v) is 4.87. The maximum atomic E-state index is 4.43. The maximum absolute atomic E-state index is 4.43. The highest BCUT2D eigenvalue weighted by molar-refractivity contribution is 8.01. The average molecular weight is 157 g/mol. The third-order valence-corrected chi connectivity index (χ3v) is 3.44. The van der Waals surface area contributed by atoms with Gasteiger partial charge >= 0.3 is 0 Å². The third-order valence-electron chi connectivity index (χ3n) is 1.69. The number of rotatable bonds is 2. The number of hydrogen-bond acceptors (Lipinski definition) is 2. The standard InChI is InChI=1S/C8H15NS/c1-4-7-5-9-8(10-7)6(2)3/h5-8H,4H2,1-3H3. The minimum atomic E-state index is 0.532. The molecule has 1 nitrogen and oxygen atoms in total. The highest BCUT2D eigenvalue weighted by atomic mass is 32.2. The van der Waals surface area contributed by atoms with Crippen LogP contribution < -0.4 is 0 Å². The largest absolute Gasteiger partial charge is 0.282 e. The van der Waals surface area contributed by atoms with Crippen LogP contribution >= 0.6 is 11.8 Å². The zero-order valence-electron chi connectivity index (χ0n) is 6.87. The Morgan fingerprint density at radius 1 is 1.60 bits per heavy atom. The van der Waals surface area contributed by atoms with E-state index in [0.717, 1.165) is 0 Å². The van der Waals surface area contributed by atoms with E-state index >= 15 is 0 Å². The summed E-state index contributed by atoms with van der Waals surface area (Å²) in [7, 11) is 0. The molecule has 0 aromatic carbocycles. The van der Waals surface area contributed by atoms with E-state index in [1.807, 2.05) is 11.8 Å². The van der Waals surface area contributed by atoms with Crippen molar-refractivity contribution in [3.63, 3.8) is 0 Å². The smallest absolute Gasteiger partial charge is 0.0977 e. The molecule has 2 heteroatoms. The predicted molar refractivity (Wildman–Crippen MR) is 48.8 cm³/mol. The second-order valence-corrected chi connectivity index (χ2v) is 4.38. The zero-order valence-corrected chi connectivity index (χ0v) is 7.69. The number of thioether (sulfide) groups is 1. The summed E-state index contributed by atoms with van der Waals surface area (Å²) >= 11 is 2.00. The molecule has 0 aromatic heterocycles. The van der Waals surface area contributed by atoms with Crippen molar-refractivity contribution in [3.8, 4) is 0 Å². The Morgan fingerprint density at radius 2 is 2.30 bits per heavy atom. The molecule has 0 amide bonds. The van der Waals surface area contributed by atoms with Gasteiger partial charge < -0.3 is 0 Å². The zero-order chi connectivity index (χ0) is 7.56. The molecule has 10 heavy (non-hydrogen) atoms. The topological polar surface area (TPSA) is 12.4 Å². The van der Waals surface area contributed by atoms with Crippen molar-refractivity contribution >= 4 is 18.0 Å². The summed E-state index contributed by atoms with van der Waals surface area (Å²) in [5.41, 5.74) is 0. The monoisotopic (exact) mass is 157 g/mol. The van der Waals surface area contributed by atoms with Crippen molar-refractivity contribution in [3.05, 3.63) is 0 Å². The number of hydrogen-bond donors (Lipinski definition) is 0. The van der Waals surface area contributed by atoms with Gasteiger partial charge in [-0.1, -0.05) is 20.8 Å². The number of aliphatic imine (C=N–C) groups is 1. The van der Waals surface area contributed by atoms with E-state index in [-0.39, 0.29) is 0 Å². The van der Waals surface area contributed by atoms with Crippen LogP contribution in [0, 0.1) is 5.92 Å². The van der Waals surface area contributed by atoms with Gasteiger partial charge in [0, 0.05) is 11.5 Å². The predicted octanol–water partition coefficient (Wildman–Crippen LogP) is 2.56. The van der Waals surface area contributed by atoms with E-state index in [2.05, 4.69) is 32.0 Å². The van der Waals surface area contributed by atoms with Crippen LogP contribution in [0.3, 0.4) is 0 Å². The van der Waals surface area contributed by atoms with Gasteiger partial charge in [0.25, 0.3) is 0 Å². The fourth-order valence-electron chi connectivity index (χ4n) is 0.961. The molecule has 0 saturated heterocycles. The van der Waals surface area contributed by atoms with Crippen molar-refractivity contribution < 1.29 is 0 Å². The van der Waals surface area contributed by atoms with Crippen molar-refractivity contribution in [2.24, 2.45) is 10.9 Å². The second-order valence-electron chi connectivity index (χ2n) is 3.02. The van der Waals surface area contributed by atoms with E-state index in [9.17, 15) is 0 Å². The molecule has 1 aliphatic rings. The minimum absolute atomic E-state index is 0.532. The second kappa shape index (κ2) is 3.42. The Balaban J connectivity index is 2.37. The van der Waals surface area contributed by atoms with Gasteiger partial charge in [0.15, 0.2) is 0 Å². The molecule has 1 aliphatic heterocycles. The quantitative estimate of drug-likeness (QED) is 0.600. The van der Waals surface area contributed by atoms with Crippen LogP contribution in [0.25, 0.3) is 0 Å². The van der Waals surface area contributed by atoms with E-state index in [1.54, 1.807) is 0 Å². The fraction of sp³-hybridized carbons (Fsp3) is 0.875. The SMILES string of the molecule is CCC1C=NC(C(C)C)S1. The summed E-state index contributed by atoms with van der Waals surface area (Å²) in [5, 5.41) is 1.22. The Morgan fingerprint density at radius 3 is 2.60 bits per heavy atom. The van der Waals surface area contributed by atoms with E-state index in [0.29, 0.717) is 16.5 Å². The summed E-state index contributed by atoms with van der Waals surface area (Å²) in [4.78, 5) is 4.43. The Labute approximate surface area is 67.3 Å². The van der Waals surface area contributed by atoms with Gasteiger partial charge in [-0.25, -0.2) is 0 Å². The normalized spacial score (nSPS) is 32.0. The third kappa shape index (κ3) is 1.75. The summed E-state index contributed by atoms with van der Waals surface area (Å²) in [5.74, 6) is 0.692. The molecule has 0 aromatic rings. The molecule has 0 bridgehead atoms. The van der Waals surface area contributed by atoms with Crippen LogP contribution in [0.5, 0.6) is 0 Å². The first-order chi connectivity index (χ1) is 4.74. The van der Waals surface area contributed by atoms with Gasteiger partial charge in [-0.05, 0) is 12.3 Å². The molecule has 0 radical (unpaired) electrons.